The Morgan fingerprint density at radius 3 is 2.79 bits per heavy atom. The lowest BCUT2D eigenvalue weighted by Gasteiger charge is -2.26. The van der Waals surface area contributed by atoms with Crippen LogP contribution in [-0.4, -0.2) is 20.9 Å². The highest BCUT2D eigenvalue weighted by Crippen LogP contribution is 2.44. The molecule has 6 nitrogen and oxygen atoms in total. The number of imidazole rings is 1. The van der Waals surface area contributed by atoms with Crippen molar-refractivity contribution in [3.05, 3.63) is 48.2 Å². The van der Waals surface area contributed by atoms with Gasteiger partial charge in [0.05, 0.1) is 11.4 Å². The van der Waals surface area contributed by atoms with Gasteiger partial charge >= 0.3 is 0 Å². The minimum atomic E-state index is -0.301. The maximum Gasteiger partial charge on any atom is 0.217 e. The van der Waals surface area contributed by atoms with E-state index in [1.54, 1.807) is 12.3 Å². The summed E-state index contributed by atoms with van der Waals surface area (Å²) in [7, 11) is 0. The number of halogens is 1. The maximum absolute atomic E-state index is 13.9. The van der Waals surface area contributed by atoms with E-state index >= 15 is 0 Å². The smallest absolute Gasteiger partial charge is 0.217 e. The second-order valence-corrected chi connectivity index (χ2v) is 7.95. The van der Waals surface area contributed by atoms with E-state index in [0.717, 1.165) is 54.0 Å². The summed E-state index contributed by atoms with van der Waals surface area (Å²) >= 11 is 0. The van der Waals surface area contributed by atoms with Gasteiger partial charge in [0.25, 0.3) is 0 Å². The Morgan fingerprint density at radius 1 is 1.17 bits per heavy atom. The number of amides is 1. The van der Waals surface area contributed by atoms with Crippen LogP contribution in [0, 0.1) is 11.7 Å². The van der Waals surface area contributed by atoms with Crippen molar-refractivity contribution < 1.29 is 9.18 Å². The second kappa shape index (κ2) is 6.99. The van der Waals surface area contributed by atoms with E-state index in [0.29, 0.717) is 29.8 Å². The number of hydrogen-bond acceptors (Lipinski definition) is 4. The number of H-pyrrole nitrogens is 1. The quantitative estimate of drug-likeness (QED) is 0.479. The fourth-order valence-electron chi connectivity index (χ4n) is 4.56. The van der Waals surface area contributed by atoms with Crippen molar-refractivity contribution in [1.29, 1.82) is 0 Å². The number of pyridine rings is 1. The van der Waals surface area contributed by atoms with Crippen LogP contribution in [0.5, 0.6) is 0 Å². The Kier molecular flexibility index (Phi) is 4.30. The monoisotopic (exact) mass is 391 g/mol. The standard InChI is InChI=1S/C22H22FN5O/c23-14-7-8-15-17(11-14)26-22-16(2-1-9-25-22)20-19(15)27-21(28-20)13-5-3-12(4-6-13)10-18(24)29/h1-2,7-9,11-13H,3-6,10H2,(H2,24,29)(H,25,26)(H,27,28). The Labute approximate surface area is 167 Å². The van der Waals surface area contributed by atoms with Gasteiger partial charge in [-0.05, 0) is 61.9 Å². The number of rotatable bonds is 3. The summed E-state index contributed by atoms with van der Waals surface area (Å²) < 4.78 is 13.9. The average molecular weight is 391 g/mol. The lowest BCUT2D eigenvalue weighted by molar-refractivity contribution is -0.119. The lowest BCUT2D eigenvalue weighted by atomic mass is 9.80. The fourth-order valence-corrected chi connectivity index (χ4v) is 4.56. The van der Waals surface area contributed by atoms with Crippen molar-refractivity contribution >= 4 is 17.4 Å². The predicted molar refractivity (Wildman–Crippen MR) is 109 cm³/mol. The third-order valence-electron chi connectivity index (χ3n) is 6.01. The summed E-state index contributed by atoms with van der Waals surface area (Å²) in [6, 6.07) is 8.57. The topological polar surface area (TPSA) is 96.7 Å². The summed E-state index contributed by atoms with van der Waals surface area (Å²) in [4.78, 5) is 24.1. The molecular weight excluding hydrogens is 369 g/mol. The normalized spacial score (nSPS) is 20.0. The van der Waals surface area contributed by atoms with Crippen molar-refractivity contribution in [2.45, 2.75) is 38.0 Å². The van der Waals surface area contributed by atoms with E-state index in [9.17, 15) is 9.18 Å². The minimum Gasteiger partial charge on any atom is -0.370 e. The van der Waals surface area contributed by atoms with Crippen LogP contribution in [0.15, 0.2) is 36.5 Å². The Bertz CT molecular complexity index is 1080. The highest BCUT2D eigenvalue weighted by molar-refractivity contribution is 5.94. The number of aromatic amines is 1. The largest absolute Gasteiger partial charge is 0.370 e. The first-order valence-electron chi connectivity index (χ1n) is 9.99. The number of benzene rings is 1. The van der Waals surface area contributed by atoms with E-state index in [1.807, 2.05) is 12.1 Å². The lowest BCUT2D eigenvalue weighted by Crippen LogP contribution is -2.21. The summed E-state index contributed by atoms with van der Waals surface area (Å²) in [6.07, 6.45) is 6.06. The van der Waals surface area contributed by atoms with Crippen molar-refractivity contribution in [1.82, 2.24) is 15.0 Å². The van der Waals surface area contributed by atoms with Gasteiger partial charge in [-0.2, -0.15) is 0 Å². The SMILES string of the molecule is NC(=O)CC1CCC(c2nc3c([nH]2)-c2ccc(F)cc2Nc2ncccc2-3)CC1. The first-order valence-corrected chi connectivity index (χ1v) is 9.99. The summed E-state index contributed by atoms with van der Waals surface area (Å²) in [6.45, 7) is 0. The van der Waals surface area contributed by atoms with Gasteiger partial charge in [0, 0.05) is 29.7 Å². The summed E-state index contributed by atoms with van der Waals surface area (Å²) in [5, 5.41) is 3.24. The molecule has 4 N–H and O–H groups in total. The maximum atomic E-state index is 13.9. The molecule has 0 radical (unpaired) electrons. The van der Waals surface area contributed by atoms with E-state index in [2.05, 4.69) is 15.3 Å². The molecular formula is C22H22FN5O. The molecule has 1 amide bonds. The average Bonchev–Trinajstić information content (AvgIpc) is 3.09. The van der Waals surface area contributed by atoms with Crippen LogP contribution in [-0.2, 0) is 4.79 Å². The zero-order valence-corrected chi connectivity index (χ0v) is 15.9. The van der Waals surface area contributed by atoms with Gasteiger partial charge in [-0.15, -0.1) is 0 Å². The van der Waals surface area contributed by atoms with Gasteiger partial charge in [0.15, 0.2) is 0 Å². The molecule has 29 heavy (non-hydrogen) atoms. The second-order valence-electron chi connectivity index (χ2n) is 7.95. The first kappa shape index (κ1) is 17.8. The van der Waals surface area contributed by atoms with Gasteiger partial charge in [-0.3, -0.25) is 4.79 Å². The van der Waals surface area contributed by atoms with Crippen LogP contribution in [0.25, 0.3) is 22.5 Å². The molecule has 1 aromatic carbocycles. The molecule has 0 saturated heterocycles. The Balaban J connectivity index is 1.53. The van der Waals surface area contributed by atoms with Crippen LogP contribution in [0.2, 0.25) is 0 Å². The molecule has 0 unspecified atom stereocenters. The van der Waals surface area contributed by atoms with Gasteiger partial charge < -0.3 is 16.0 Å². The molecule has 3 heterocycles. The Hall–Kier alpha value is -3.22. The number of fused-ring (bicyclic) bond motifs is 5. The molecule has 0 atom stereocenters. The van der Waals surface area contributed by atoms with Crippen LogP contribution < -0.4 is 11.1 Å². The molecule has 1 aliphatic heterocycles. The number of nitrogens with two attached hydrogens (primary N) is 1. The number of aromatic nitrogens is 3. The van der Waals surface area contributed by atoms with Crippen molar-refractivity contribution in [2.75, 3.05) is 5.32 Å². The molecule has 2 aliphatic rings. The third-order valence-corrected chi connectivity index (χ3v) is 6.01. The molecule has 5 rings (SSSR count). The number of primary amides is 1. The van der Waals surface area contributed by atoms with Crippen molar-refractivity contribution in [3.63, 3.8) is 0 Å². The van der Waals surface area contributed by atoms with E-state index in [4.69, 9.17) is 10.7 Å². The highest BCUT2D eigenvalue weighted by Gasteiger charge is 2.29. The van der Waals surface area contributed by atoms with Crippen molar-refractivity contribution in [2.24, 2.45) is 11.7 Å². The molecule has 1 aliphatic carbocycles. The van der Waals surface area contributed by atoms with Gasteiger partial charge in [0.1, 0.15) is 23.2 Å². The number of nitrogens with one attached hydrogen (secondary N) is 2. The summed E-state index contributed by atoms with van der Waals surface area (Å²) in [5.41, 5.74) is 9.51. The fraction of sp³-hybridized carbons (Fsp3) is 0.318. The van der Waals surface area contributed by atoms with E-state index in [-0.39, 0.29) is 11.7 Å². The molecule has 7 heteroatoms. The molecule has 0 bridgehead atoms. The molecule has 1 fully saturated rings. The first-order chi connectivity index (χ1) is 14.1. The zero-order valence-electron chi connectivity index (χ0n) is 15.9. The number of hydrogen-bond donors (Lipinski definition) is 3. The summed E-state index contributed by atoms with van der Waals surface area (Å²) in [5.74, 6) is 1.77. The minimum absolute atomic E-state index is 0.224. The molecule has 2 aromatic heterocycles. The highest BCUT2D eigenvalue weighted by atomic mass is 19.1. The Morgan fingerprint density at radius 2 is 2.00 bits per heavy atom. The number of nitrogens with zero attached hydrogens (tertiary/aromatic N) is 2. The number of carbonyl (C=O) groups excluding carboxylic acids is 1. The van der Waals surface area contributed by atoms with Gasteiger partial charge in [-0.25, -0.2) is 14.4 Å². The molecule has 148 valence electrons. The molecule has 3 aromatic rings. The molecule has 1 saturated carbocycles. The molecule has 0 spiro atoms. The van der Waals surface area contributed by atoms with Crippen LogP contribution in [0.1, 0.15) is 43.8 Å². The van der Waals surface area contributed by atoms with Gasteiger partial charge in [0.2, 0.25) is 5.91 Å². The van der Waals surface area contributed by atoms with Gasteiger partial charge in [-0.1, -0.05) is 0 Å². The van der Waals surface area contributed by atoms with Crippen LogP contribution >= 0.6 is 0 Å². The van der Waals surface area contributed by atoms with E-state index < -0.39 is 0 Å². The van der Waals surface area contributed by atoms with Crippen LogP contribution in [0.4, 0.5) is 15.9 Å². The van der Waals surface area contributed by atoms with E-state index in [1.165, 1.54) is 12.1 Å². The third kappa shape index (κ3) is 3.26. The number of carbonyl (C=O) groups is 1. The zero-order chi connectivity index (χ0) is 20.0. The number of anilines is 2. The van der Waals surface area contributed by atoms with Crippen LogP contribution in [0.3, 0.4) is 0 Å². The predicted octanol–water partition coefficient (Wildman–Crippen LogP) is 4.48. The van der Waals surface area contributed by atoms with Crippen molar-refractivity contribution in [3.8, 4) is 22.5 Å².